The minimum atomic E-state index is -0.455. The van der Waals surface area contributed by atoms with Crippen LogP contribution >= 0.6 is 0 Å². The number of ether oxygens (including phenoxy) is 1. The highest BCUT2D eigenvalue weighted by Gasteiger charge is 2.13. The number of esters is 1. The predicted molar refractivity (Wildman–Crippen MR) is 115 cm³/mol. The first-order chi connectivity index (χ1) is 14.6. The molecule has 2 N–H and O–H groups in total. The lowest BCUT2D eigenvalue weighted by atomic mass is 10.1. The summed E-state index contributed by atoms with van der Waals surface area (Å²) in [4.78, 5) is 27.4. The van der Waals surface area contributed by atoms with Gasteiger partial charge in [-0.1, -0.05) is 37.3 Å². The molecule has 30 heavy (non-hydrogen) atoms. The topological polar surface area (TPSA) is 84.3 Å². The van der Waals surface area contributed by atoms with Crippen molar-refractivity contribution in [1.29, 1.82) is 0 Å². The van der Waals surface area contributed by atoms with Crippen LogP contribution in [0.25, 0.3) is 21.9 Å². The fourth-order valence-corrected chi connectivity index (χ4v) is 3.56. The van der Waals surface area contributed by atoms with Crippen LogP contribution in [0.1, 0.15) is 23.6 Å². The zero-order chi connectivity index (χ0) is 20.9. The van der Waals surface area contributed by atoms with Crippen molar-refractivity contribution in [3.05, 3.63) is 71.6 Å². The van der Waals surface area contributed by atoms with E-state index in [2.05, 4.69) is 17.2 Å². The highest BCUT2D eigenvalue weighted by atomic mass is 16.5. The maximum Gasteiger partial charge on any atom is 0.310 e. The maximum absolute atomic E-state index is 12.1. The molecule has 0 saturated carbocycles. The van der Waals surface area contributed by atoms with Crippen LogP contribution in [0.5, 0.6) is 0 Å². The molecule has 0 aliphatic heterocycles. The van der Waals surface area contributed by atoms with Gasteiger partial charge in [0.05, 0.1) is 12.7 Å². The average molecular weight is 404 g/mol. The number of aromatic nitrogens is 1. The van der Waals surface area contributed by atoms with Gasteiger partial charge in [-0.05, 0) is 36.1 Å². The summed E-state index contributed by atoms with van der Waals surface area (Å²) in [6.45, 7) is 2.26. The molecule has 4 aromatic rings. The van der Waals surface area contributed by atoms with E-state index in [1.807, 2.05) is 48.7 Å². The number of carbonyl (C=O) groups is 2. The first kappa shape index (κ1) is 19.8. The molecule has 0 spiro atoms. The molecule has 0 unspecified atom stereocenters. The molecule has 2 heterocycles. The summed E-state index contributed by atoms with van der Waals surface area (Å²) in [6, 6.07) is 14.0. The van der Waals surface area contributed by atoms with E-state index in [1.54, 1.807) is 6.26 Å². The summed E-state index contributed by atoms with van der Waals surface area (Å²) in [5.74, 6) is -0.767. The van der Waals surface area contributed by atoms with Crippen molar-refractivity contribution in [2.24, 2.45) is 0 Å². The van der Waals surface area contributed by atoms with Gasteiger partial charge in [0.1, 0.15) is 5.58 Å². The standard InChI is InChI=1S/C24H24N2O4/c1-2-16-7-8-20-18(14-29-22(20)11-16)12-24(28)30-15-23(27)25-10-9-17-13-26-21-6-4-3-5-19(17)21/h3-8,11,13-14,26H,2,9-10,12,15H2,1H3,(H,25,27). The number of aromatic amines is 1. The molecule has 6 heteroatoms. The summed E-state index contributed by atoms with van der Waals surface area (Å²) in [7, 11) is 0. The Labute approximate surface area is 174 Å². The smallest absolute Gasteiger partial charge is 0.310 e. The van der Waals surface area contributed by atoms with Crippen molar-refractivity contribution >= 4 is 33.7 Å². The molecule has 0 aliphatic rings. The normalized spacial score (nSPS) is 11.1. The molecule has 0 atom stereocenters. The van der Waals surface area contributed by atoms with Gasteiger partial charge in [-0.3, -0.25) is 9.59 Å². The Kier molecular flexibility index (Phi) is 5.84. The Morgan fingerprint density at radius 1 is 1.10 bits per heavy atom. The van der Waals surface area contributed by atoms with Gasteiger partial charge >= 0.3 is 5.97 Å². The number of aryl methyl sites for hydroxylation is 1. The van der Waals surface area contributed by atoms with Gasteiger partial charge in [0, 0.05) is 34.6 Å². The van der Waals surface area contributed by atoms with E-state index in [4.69, 9.17) is 9.15 Å². The predicted octanol–water partition coefficient (Wildman–Crippen LogP) is 3.92. The quantitative estimate of drug-likeness (QED) is 0.436. The lowest BCUT2D eigenvalue weighted by molar-refractivity contribution is -0.147. The SMILES string of the molecule is CCc1ccc2c(CC(=O)OCC(=O)NCCc3c[nH]c4ccccc34)coc2c1. The summed E-state index contributed by atoms with van der Waals surface area (Å²) in [6.07, 6.45) is 5.22. The van der Waals surface area contributed by atoms with Gasteiger partial charge < -0.3 is 19.5 Å². The second kappa shape index (κ2) is 8.86. The van der Waals surface area contributed by atoms with E-state index >= 15 is 0 Å². The largest absolute Gasteiger partial charge is 0.464 e. The zero-order valence-electron chi connectivity index (χ0n) is 16.9. The first-order valence-electron chi connectivity index (χ1n) is 10.1. The lowest BCUT2D eigenvalue weighted by Gasteiger charge is -2.06. The van der Waals surface area contributed by atoms with Crippen LogP contribution in [0.3, 0.4) is 0 Å². The van der Waals surface area contributed by atoms with Crippen LogP contribution in [0.15, 0.2) is 59.3 Å². The molecule has 0 fully saturated rings. The van der Waals surface area contributed by atoms with Crippen LogP contribution < -0.4 is 5.32 Å². The number of para-hydroxylation sites is 1. The fraction of sp³-hybridized carbons (Fsp3) is 0.250. The van der Waals surface area contributed by atoms with Gasteiger partial charge in [-0.25, -0.2) is 0 Å². The van der Waals surface area contributed by atoms with E-state index in [9.17, 15) is 9.59 Å². The highest BCUT2D eigenvalue weighted by molar-refractivity contribution is 5.87. The van der Waals surface area contributed by atoms with Gasteiger partial charge in [0.15, 0.2) is 6.61 Å². The van der Waals surface area contributed by atoms with Crippen molar-refractivity contribution in [3.63, 3.8) is 0 Å². The van der Waals surface area contributed by atoms with E-state index in [0.29, 0.717) is 13.0 Å². The minimum Gasteiger partial charge on any atom is -0.464 e. The van der Waals surface area contributed by atoms with Crippen molar-refractivity contribution in [1.82, 2.24) is 10.3 Å². The number of hydrogen-bond acceptors (Lipinski definition) is 4. The molecular weight excluding hydrogens is 380 g/mol. The highest BCUT2D eigenvalue weighted by Crippen LogP contribution is 2.23. The molecule has 6 nitrogen and oxygen atoms in total. The number of benzene rings is 2. The number of amides is 1. The van der Waals surface area contributed by atoms with E-state index in [1.165, 1.54) is 5.56 Å². The zero-order valence-corrected chi connectivity index (χ0v) is 16.9. The monoisotopic (exact) mass is 404 g/mol. The van der Waals surface area contributed by atoms with Crippen LogP contribution in [-0.2, 0) is 33.6 Å². The summed E-state index contributed by atoms with van der Waals surface area (Å²) in [5.41, 5.74) is 4.91. The van der Waals surface area contributed by atoms with Gasteiger partial charge in [-0.2, -0.15) is 0 Å². The maximum atomic E-state index is 12.1. The molecule has 0 bridgehead atoms. The number of nitrogens with one attached hydrogen (secondary N) is 2. The van der Waals surface area contributed by atoms with Crippen molar-refractivity contribution in [2.75, 3.05) is 13.2 Å². The molecular formula is C24H24N2O4. The molecule has 0 saturated heterocycles. The Morgan fingerprint density at radius 3 is 2.83 bits per heavy atom. The van der Waals surface area contributed by atoms with Crippen LogP contribution in [0.2, 0.25) is 0 Å². The molecule has 4 rings (SSSR count). The average Bonchev–Trinajstić information content (AvgIpc) is 3.36. The van der Waals surface area contributed by atoms with Gasteiger partial charge in [0.2, 0.25) is 0 Å². The fourth-order valence-electron chi connectivity index (χ4n) is 3.56. The van der Waals surface area contributed by atoms with E-state index in [0.717, 1.165) is 39.4 Å². The third kappa shape index (κ3) is 4.38. The molecule has 2 aromatic heterocycles. The summed E-state index contributed by atoms with van der Waals surface area (Å²) >= 11 is 0. The Morgan fingerprint density at radius 2 is 1.97 bits per heavy atom. The number of fused-ring (bicyclic) bond motifs is 2. The van der Waals surface area contributed by atoms with Gasteiger partial charge in [-0.15, -0.1) is 0 Å². The molecule has 0 radical (unpaired) electrons. The van der Waals surface area contributed by atoms with E-state index < -0.39 is 5.97 Å². The summed E-state index contributed by atoms with van der Waals surface area (Å²) in [5, 5.41) is 4.84. The van der Waals surface area contributed by atoms with Crippen molar-refractivity contribution in [2.45, 2.75) is 26.2 Å². The van der Waals surface area contributed by atoms with Crippen LogP contribution in [-0.4, -0.2) is 30.0 Å². The second-order valence-electron chi connectivity index (χ2n) is 7.24. The first-order valence-corrected chi connectivity index (χ1v) is 10.1. The molecule has 0 aliphatic carbocycles. The number of carbonyl (C=O) groups excluding carboxylic acids is 2. The number of H-pyrrole nitrogens is 1. The van der Waals surface area contributed by atoms with Gasteiger partial charge in [0.25, 0.3) is 5.91 Å². The number of hydrogen-bond donors (Lipinski definition) is 2. The van der Waals surface area contributed by atoms with Crippen molar-refractivity contribution < 1.29 is 18.7 Å². The molecule has 154 valence electrons. The third-order valence-electron chi connectivity index (χ3n) is 5.22. The molecule has 1 amide bonds. The number of furan rings is 1. The lowest BCUT2D eigenvalue weighted by Crippen LogP contribution is -2.30. The minimum absolute atomic E-state index is 0.0705. The van der Waals surface area contributed by atoms with Crippen molar-refractivity contribution in [3.8, 4) is 0 Å². The van der Waals surface area contributed by atoms with E-state index in [-0.39, 0.29) is 18.9 Å². The Balaban J connectivity index is 1.23. The second-order valence-corrected chi connectivity index (χ2v) is 7.24. The van der Waals surface area contributed by atoms with Crippen LogP contribution in [0, 0.1) is 0 Å². The summed E-state index contributed by atoms with van der Waals surface area (Å²) < 4.78 is 10.7. The Bertz CT molecular complexity index is 1190. The molecule has 2 aromatic carbocycles. The number of rotatable bonds is 8. The van der Waals surface area contributed by atoms with Crippen LogP contribution in [0.4, 0.5) is 0 Å². The third-order valence-corrected chi connectivity index (χ3v) is 5.22. The Hall–Kier alpha value is -3.54.